The molecular weight excluding hydrogens is 420 g/mol. The molecule has 6 nitrogen and oxygen atoms in total. The van der Waals surface area contributed by atoms with E-state index in [1.54, 1.807) is 29.2 Å². The van der Waals surface area contributed by atoms with Gasteiger partial charge in [0.25, 0.3) is 11.8 Å². The fourth-order valence-corrected chi connectivity index (χ4v) is 3.44. The molecule has 2 amide bonds. The Labute approximate surface area is 172 Å². The lowest BCUT2D eigenvalue weighted by Gasteiger charge is -2.18. The normalized spacial score (nSPS) is 10.5. The number of carbonyl (C=O) groups excluding carboxylic acids is 2. The topological polar surface area (TPSA) is 78.1 Å². The molecule has 0 saturated carbocycles. The maximum Gasteiger partial charge on any atom is 0.274 e. The molecule has 1 aromatic heterocycles. The van der Waals surface area contributed by atoms with Crippen molar-refractivity contribution in [1.82, 2.24) is 15.1 Å². The van der Waals surface area contributed by atoms with Crippen molar-refractivity contribution >= 4 is 33.4 Å². The Morgan fingerprint density at radius 1 is 1.04 bits per heavy atom. The minimum atomic E-state index is -0.315. The van der Waals surface area contributed by atoms with E-state index in [1.807, 2.05) is 44.2 Å². The summed E-state index contributed by atoms with van der Waals surface area (Å²) in [7, 11) is 0. The van der Waals surface area contributed by atoms with Crippen LogP contribution in [0.5, 0.6) is 0 Å². The zero-order chi connectivity index (χ0) is 20.1. The van der Waals surface area contributed by atoms with Crippen molar-refractivity contribution in [2.75, 3.05) is 18.4 Å². The molecule has 1 heterocycles. The fraction of sp³-hybridized carbons (Fsp3) is 0.190. The number of halogens is 1. The van der Waals surface area contributed by atoms with E-state index in [1.165, 1.54) is 0 Å². The second-order valence-electron chi connectivity index (χ2n) is 6.14. The van der Waals surface area contributed by atoms with Gasteiger partial charge in [-0.15, -0.1) is 0 Å². The van der Waals surface area contributed by atoms with Crippen LogP contribution in [0.15, 0.2) is 59.1 Å². The van der Waals surface area contributed by atoms with Gasteiger partial charge in [0.05, 0.1) is 4.47 Å². The quantitative estimate of drug-likeness (QED) is 0.588. The molecule has 0 radical (unpaired) electrons. The molecule has 0 fully saturated rings. The highest BCUT2D eigenvalue weighted by molar-refractivity contribution is 9.10. The number of nitrogens with zero attached hydrogens (tertiary/aromatic N) is 2. The van der Waals surface area contributed by atoms with Crippen LogP contribution in [0, 0.1) is 0 Å². The van der Waals surface area contributed by atoms with Gasteiger partial charge in [-0.25, -0.2) is 0 Å². The van der Waals surface area contributed by atoms with Crippen LogP contribution in [0.3, 0.4) is 0 Å². The van der Waals surface area contributed by atoms with Crippen molar-refractivity contribution in [2.24, 2.45) is 0 Å². The maximum absolute atomic E-state index is 12.6. The van der Waals surface area contributed by atoms with Crippen LogP contribution < -0.4 is 5.32 Å². The number of rotatable bonds is 6. The third kappa shape index (κ3) is 4.14. The Hall–Kier alpha value is -2.93. The van der Waals surface area contributed by atoms with Crippen LogP contribution in [0.2, 0.25) is 0 Å². The average Bonchev–Trinajstić information content (AvgIpc) is 3.11. The van der Waals surface area contributed by atoms with E-state index in [9.17, 15) is 9.59 Å². The molecule has 28 heavy (non-hydrogen) atoms. The van der Waals surface area contributed by atoms with Crippen LogP contribution in [-0.2, 0) is 0 Å². The number of H-pyrrole nitrogens is 1. The molecule has 0 aliphatic rings. The first-order valence-electron chi connectivity index (χ1n) is 9.05. The van der Waals surface area contributed by atoms with Crippen LogP contribution in [-0.4, -0.2) is 40.0 Å². The summed E-state index contributed by atoms with van der Waals surface area (Å²) in [6, 6.07) is 16.5. The van der Waals surface area contributed by atoms with Gasteiger partial charge < -0.3 is 10.2 Å². The average molecular weight is 441 g/mol. The number of nitrogens with one attached hydrogen (secondary N) is 2. The van der Waals surface area contributed by atoms with E-state index in [0.717, 1.165) is 5.56 Å². The predicted octanol–water partition coefficient (Wildman–Crippen LogP) is 4.57. The highest BCUT2D eigenvalue weighted by Gasteiger charge is 2.19. The van der Waals surface area contributed by atoms with Gasteiger partial charge in [0.2, 0.25) is 0 Å². The molecule has 0 spiro atoms. The van der Waals surface area contributed by atoms with E-state index in [4.69, 9.17) is 0 Å². The summed E-state index contributed by atoms with van der Waals surface area (Å²) >= 11 is 3.46. The maximum atomic E-state index is 12.6. The van der Waals surface area contributed by atoms with E-state index >= 15 is 0 Å². The van der Waals surface area contributed by atoms with Gasteiger partial charge in [0, 0.05) is 29.9 Å². The van der Waals surface area contributed by atoms with E-state index in [2.05, 4.69) is 31.4 Å². The lowest BCUT2D eigenvalue weighted by Crippen LogP contribution is -2.30. The Balaban J connectivity index is 1.74. The van der Waals surface area contributed by atoms with Gasteiger partial charge >= 0.3 is 0 Å². The number of amides is 2. The summed E-state index contributed by atoms with van der Waals surface area (Å²) in [5.41, 5.74) is 3.11. The van der Waals surface area contributed by atoms with Gasteiger partial charge in [0.1, 0.15) is 11.4 Å². The number of benzene rings is 2. The van der Waals surface area contributed by atoms with Crippen molar-refractivity contribution < 1.29 is 9.59 Å². The smallest absolute Gasteiger partial charge is 0.274 e. The zero-order valence-electron chi connectivity index (χ0n) is 15.7. The minimum absolute atomic E-state index is 0.0216. The fourth-order valence-electron chi connectivity index (χ4n) is 2.85. The molecular formula is C21H21BrN4O2. The highest BCUT2D eigenvalue weighted by atomic mass is 79.9. The number of anilines is 1. The molecule has 3 rings (SSSR count). The number of carbonyl (C=O) groups is 2. The molecule has 0 aliphatic heterocycles. The summed E-state index contributed by atoms with van der Waals surface area (Å²) in [4.78, 5) is 26.7. The molecule has 3 aromatic rings. The highest BCUT2D eigenvalue weighted by Crippen LogP contribution is 2.29. The van der Waals surface area contributed by atoms with E-state index < -0.39 is 0 Å². The van der Waals surface area contributed by atoms with Crippen molar-refractivity contribution in [2.45, 2.75) is 13.8 Å². The first-order valence-corrected chi connectivity index (χ1v) is 9.84. The molecule has 2 N–H and O–H groups in total. The van der Waals surface area contributed by atoms with Crippen molar-refractivity contribution in [3.8, 4) is 11.3 Å². The van der Waals surface area contributed by atoms with Crippen LogP contribution in [0.4, 0.5) is 5.69 Å². The van der Waals surface area contributed by atoms with E-state index in [-0.39, 0.29) is 11.8 Å². The monoisotopic (exact) mass is 440 g/mol. The molecule has 0 atom stereocenters. The minimum Gasteiger partial charge on any atom is -0.339 e. The third-order valence-corrected chi connectivity index (χ3v) is 5.19. The number of aromatic amines is 1. The summed E-state index contributed by atoms with van der Waals surface area (Å²) < 4.78 is 0.601. The first-order chi connectivity index (χ1) is 13.5. The van der Waals surface area contributed by atoms with Crippen molar-refractivity contribution in [3.05, 3.63) is 70.3 Å². The van der Waals surface area contributed by atoms with Gasteiger partial charge in [-0.3, -0.25) is 14.7 Å². The Morgan fingerprint density at radius 3 is 2.29 bits per heavy atom. The van der Waals surface area contributed by atoms with Gasteiger partial charge in [-0.05, 0) is 54.0 Å². The van der Waals surface area contributed by atoms with Crippen LogP contribution >= 0.6 is 15.9 Å². The zero-order valence-corrected chi connectivity index (χ0v) is 17.3. The molecule has 144 valence electrons. The lowest BCUT2D eigenvalue weighted by molar-refractivity contribution is 0.0773. The second kappa shape index (κ2) is 8.84. The third-order valence-electron chi connectivity index (χ3n) is 4.42. The summed E-state index contributed by atoms with van der Waals surface area (Å²) in [6.07, 6.45) is 0. The van der Waals surface area contributed by atoms with Crippen LogP contribution in [0.1, 0.15) is 34.7 Å². The largest absolute Gasteiger partial charge is 0.339 e. The number of aromatic nitrogens is 2. The molecule has 0 aliphatic carbocycles. The molecule has 2 aromatic carbocycles. The Morgan fingerprint density at radius 2 is 1.68 bits per heavy atom. The molecule has 0 bridgehead atoms. The molecule has 7 heteroatoms. The van der Waals surface area contributed by atoms with Crippen LogP contribution in [0.25, 0.3) is 11.3 Å². The summed E-state index contributed by atoms with van der Waals surface area (Å²) in [5, 5.41) is 9.85. The van der Waals surface area contributed by atoms with Gasteiger partial charge in [-0.2, -0.15) is 5.10 Å². The van der Waals surface area contributed by atoms with Gasteiger partial charge in [0.15, 0.2) is 0 Å². The van der Waals surface area contributed by atoms with Crippen molar-refractivity contribution in [3.63, 3.8) is 0 Å². The standard InChI is InChI=1S/C21H21BrN4O2/c1-3-26(4-2)21(28)15-10-12-16(13-11-15)23-20(27)19-17(22)18(24-25-19)14-8-6-5-7-9-14/h5-13H,3-4H2,1-2H3,(H,23,27)(H,24,25). The Kier molecular flexibility index (Phi) is 6.26. The number of hydrogen-bond acceptors (Lipinski definition) is 3. The van der Waals surface area contributed by atoms with Gasteiger partial charge in [-0.1, -0.05) is 30.3 Å². The lowest BCUT2D eigenvalue weighted by atomic mass is 10.1. The predicted molar refractivity (Wildman–Crippen MR) is 113 cm³/mol. The summed E-state index contributed by atoms with van der Waals surface area (Å²) in [5.74, 6) is -0.337. The van der Waals surface area contributed by atoms with Crippen molar-refractivity contribution in [1.29, 1.82) is 0 Å². The Bertz CT molecular complexity index is 964. The molecule has 0 saturated heterocycles. The van der Waals surface area contributed by atoms with E-state index in [0.29, 0.717) is 40.2 Å². The SMILES string of the molecule is CCN(CC)C(=O)c1ccc(NC(=O)c2[nH]nc(-c3ccccc3)c2Br)cc1. The molecule has 0 unspecified atom stereocenters. The first kappa shape index (κ1) is 19.8. The number of hydrogen-bond donors (Lipinski definition) is 2. The second-order valence-corrected chi connectivity index (χ2v) is 6.93. The summed E-state index contributed by atoms with van der Waals surface area (Å²) in [6.45, 7) is 5.21.